The number of nitrogens with zero attached hydrogens (tertiary/aromatic N) is 2. The highest BCUT2D eigenvalue weighted by atomic mass is 32.2. The third-order valence-electron chi connectivity index (χ3n) is 6.54. The number of aryl methyl sites for hydroxylation is 1. The van der Waals surface area contributed by atoms with E-state index in [1.54, 1.807) is 19.9 Å². The second-order valence-corrected chi connectivity index (χ2v) is 9.88. The Hall–Kier alpha value is -3.19. The number of aromatic nitrogens is 2. The van der Waals surface area contributed by atoms with E-state index in [2.05, 4.69) is 9.71 Å². The van der Waals surface area contributed by atoms with Crippen LogP contribution in [0.5, 0.6) is 0 Å². The van der Waals surface area contributed by atoms with Crippen molar-refractivity contribution in [3.8, 4) is 11.4 Å². The van der Waals surface area contributed by atoms with Crippen molar-refractivity contribution in [2.45, 2.75) is 45.6 Å². The Bertz CT molecular complexity index is 1580. The third-order valence-corrected chi connectivity index (χ3v) is 7.08. The Morgan fingerprint density at radius 1 is 1.29 bits per heavy atom. The summed E-state index contributed by atoms with van der Waals surface area (Å²) >= 11 is 0. The smallest absolute Gasteiger partial charge is 0.343 e. The maximum atomic E-state index is 14.4. The molecule has 5 rings (SSSR count). The molecule has 10 nitrogen and oxygen atoms in total. The number of rotatable bonds is 4. The van der Waals surface area contributed by atoms with Gasteiger partial charge >= 0.3 is 5.97 Å². The van der Waals surface area contributed by atoms with Gasteiger partial charge in [-0.3, -0.25) is 4.79 Å². The summed E-state index contributed by atoms with van der Waals surface area (Å²) in [6.07, 6.45) is -0.00620. The average Bonchev–Trinajstić information content (AvgIpc) is 3.13. The number of halogens is 1. The minimum absolute atomic E-state index is 0.00620. The zero-order valence-corrected chi connectivity index (χ0v) is 19.1. The third kappa shape index (κ3) is 3.25. The van der Waals surface area contributed by atoms with Crippen molar-refractivity contribution in [3.05, 3.63) is 62.2 Å². The Morgan fingerprint density at radius 3 is 2.71 bits per heavy atom. The molecule has 0 fully saturated rings. The summed E-state index contributed by atoms with van der Waals surface area (Å²) in [5.41, 5.74) is 0.199. The largest absolute Gasteiger partial charge is 0.458 e. The van der Waals surface area contributed by atoms with Crippen LogP contribution in [0.15, 0.2) is 23.0 Å². The fourth-order valence-electron chi connectivity index (χ4n) is 4.67. The van der Waals surface area contributed by atoms with Crippen LogP contribution in [0.2, 0.25) is 0 Å². The lowest BCUT2D eigenvalue weighted by Gasteiger charge is -2.31. The molecule has 3 aromatic rings. The van der Waals surface area contributed by atoms with Crippen molar-refractivity contribution >= 4 is 27.1 Å². The van der Waals surface area contributed by atoms with E-state index < -0.39 is 33.2 Å². The van der Waals surface area contributed by atoms with Gasteiger partial charge < -0.3 is 14.4 Å². The number of hydrogen-bond donors (Lipinski definition) is 3. The molecule has 34 heavy (non-hydrogen) atoms. The molecule has 12 heteroatoms. The molecule has 2 aliphatic heterocycles. The number of cyclic esters (lactones) is 1. The van der Waals surface area contributed by atoms with Crippen LogP contribution in [0.1, 0.15) is 41.2 Å². The van der Waals surface area contributed by atoms with Gasteiger partial charge in [0.2, 0.25) is 0 Å². The normalized spacial score (nSPS) is 19.0. The molecule has 2 aliphatic rings. The molecule has 4 heterocycles. The van der Waals surface area contributed by atoms with Crippen LogP contribution >= 0.6 is 0 Å². The number of carbonyl (C=O) groups is 1. The van der Waals surface area contributed by atoms with Gasteiger partial charge in [-0.2, -0.15) is 13.1 Å². The highest BCUT2D eigenvalue weighted by molar-refractivity contribution is 7.87. The lowest BCUT2D eigenvalue weighted by Crippen LogP contribution is -2.44. The van der Waals surface area contributed by atoms with E-state index in [1.165, 1.54) is 16.7 Å². The predicted molar refractivity (Wildman–Crippen MR) is 119 cm³/mol. The number of fused-ring (bicyclic) bond motifs is 5. The minimum atomic E-state index is -4.04. The quantitative estimate of drug-likeness (QED) is 0.359. The number of hydrogen-bond acceptors (Lipinski definition) is 7. The molecule has 0 amide bonds. The van der Waals surface area contributed by atoms with Crippen LogP contribution in [0, 0.1) is 12.7 Å². The first-order valence-corrected chi connectivity index (χ1v) is 12.1. The standard InChI is InChI=1S/C22H21FN4O6S/c1-3-22(30)15-5-18-19-13(8-27(18)20(28)14(15)9-33-21(22)29)12(7-25-34(24,31)32)11-4-10(2)16(23)6-17(11)26-19/h4-6,25,30H,3,7-9H2,1-2H3,(H2,24,31,32)/t22-/m0/s1. The van der Waals surface area contributed by atoms with Gasteiger partial charge in [-0.05, 0) is 36.6 Å². The van der Waals surface area contributed by atoms with Crippen LogP contribution < -0.4 is 15.4 Å². The van der Waals surface area contributed by atoms with Gasteiger partial charge in [0.25, 0.3) is 15.8 Å². The number of nitrogens with two attached hydrogens (primary N) is 1. The van der Waals surface area contributed by atoms with E-state index in [9.17, 15) is 27.5 Å². The Balaban J connectivity index is 1.81. The second kappa shape index (κ2) is 7.40. The van der Waals surface area contributed by atoms with Gasteiger partial charge in [-0.1, -0.05) is 6.92 Å². The van der Waals surface area contributed by atoms with Gasteiger partial charge in [0.15, 0.2) is 5.60 Å². The lowest BCUT2D eigenvalue weighted by molar-refractivity contribution is -0.172. The first-order valence-electron chi connectivity index (χ1n) is 10.5. The first-order chi connectivity index (χ1) is 15.9. The topological polar surface area (TPSA) is 154 Å². The molecule has 0 bridgehead atoms. The van der Waals surface area contributed by atoms with Crippen LogP contribution in [0.3, 0.4) is 0 Å². The predicted octanol–water partition coefficient (Wildman–Crippen LogP) is 0.820. The molecule has 0 saturated heterocycles. The second-order valence-electron chi connectivity index (χ2n) is 8.51. The van der Waals surface area contributed by atoms with E-state index in [0.29, 0.717) is 33.5 Å². The number of pyridine rings is 2. The number of aliphatic hydroxyl groups is 1. The maximum absolute atomic E-state index is 14.4. The molecule has 4 N–H and O–H groups in total. The maximum Gasteiger partial charge on any atom is 0.343 e. The van der Waals surface area contributed by atoms with Crippen LogP contribution in [0.4, 0.5) is 4.39 Å². The molecule has 0 radical (unpaired) electrons. The highest BCUT2D eigenvalue weighted by Crippen LogP contribution is 2.40. The van der Waals surface area contributed by atoms with Crippen LogP contribution in [0.25, 0.3) is 22.3 Å². The highest BCUT2D eigenvalue weighted by Gasteiger charge is 2.45. The van der Waals surface area contributed by atoms with Crippen molar-refractivity contribution < 1.29 is 27.4 Å². The van der Waals surface area contributed by atoms with Gasteiger partial charge in [-0.15, -0.1) is 0 Å². The van der Waals surface area contributed by atoms with E-state index in [1.807, 2.05) is 0 Å². The molecule has 178 valence electrons. The summed E-state index contributed by atoms with van der Waals surface area (Å²) < 4.78 is 46.3. The summed E-state index contributed by atoms with van der Waals surface area (Å²) in [5.74, 6) is -1.33. The molecule has 1 atom stereocenters. The number of esters is 1. The van der Waals surface area contributed by atoms with Crippen LogP contribution in [-0.4, -0.2) is 29.0 Å². The van der Waals surface area contributed by atoms with Crippen molar-refractivity contribution in [2.75, 3.05) is 0 Å². The summed E-state index contributed by atoms with van der Waals surface area (Å²) in [4.78, 5) is 30.3. The van der Waals surface area contributed by atoms with Crippen molar-refractivity contribution in [2.24, 2.45) is 5.14 Å². The van der Waals surface area contributed by atoms with Crippen LogP contribution in [-0.2, 0) is 45.0 Å². The number of carbonyl (C=O) groups excluding carboxylic acids is 1. The fourth-order valence-corrected chi connectivity index (χ4v) is 5.01. The molecular weight excluding hydrogens is 467 g/mol. The van der Waals surface area contributed by atoms with E-state index >= 15 is 0 Å². The molecule has 0 aliphatic carbocycles. The Morgan fingerprint density at radius 2 is 2.03 bits per heavy atom. The summed E-state index contributed by atoms with van der Waals surface area (Å²) in [6, 6.07) is 4.34. The molecular formula is C22H21FN4O6S. The fraction of sp³-hybridized carbons (Fsp3) is 0.318. The zero-order chi connectivity index (χ0) is 24.6. The number of nitrogens with one attached hydrogen (secondary N) is 1. The molecule has 2 aromatic heterocycles. The monoisotopic (exact) mass is 488 g/mol. The lowest BCUT2D eigenvalue weighted by atomic mass is 9.86. The van der Waals surface area contributed by atoms with Gasteiger partial charge in [0.05, 0.1) is 29.0 Å². The molecule has 0 saturated carbocycles. The first kappa shape index (κ1) is 22.6. The summed E-state index contributed by atoms with van der Waals surface area (Å²) in [7, 11) is -4.04. The molecule has 1 aromatic carbocycles. The SMILES string of the molecule is CC[C@@]1(O)C(=O)OCc2c1cc1n(c2=O)Cc2c-1nc1cc(F)c(C)cc1c2CNS(N)(=O)=O. The average molecular weight is 488 g/mol. The summed E-state index contributed by atoms with van der Waals surface area (Å²) in [5, 5.41) is 16.6. The molecule has 0 unspecified atom stereocenters. The van der Waals surface area contributed by atoms with Gasteiger partial charge in [-0.25, -0.2) is 19.3 Å². The van der Waals surface area contributed by atoms with E-state index in [0.717, 1.165) is 0 Å². The molecule has 0 spiro atoms. The number of benzene rings is 1. The van der Waals surface area contributed by atoms with Crippen molar-refractivity contribution in [1.29, 1.82) is 0 Å². The number of ether oxygens (including phenoxy) is 1. The summed E-state index contributed by atoms with van der Waals surface area (Å²) in [6.45, 7) is 2.77. The Kier molecular flexibility index (Phi) is 4.92. The van der Waals surface area contributed by atoms with Gasteiger partial charge in [0, 0.05) is 29.1 Å². The minimum Gasteiger partial charge on any atom is -0.458 e. The van der Waals surface area contributed by atoms with Gasteiger partial charge in [0.1, 0.15) is 12.4 Å². The zero-order valence-electron chi connectivity index (χ0n) is 18.3. The Labute approximate surface area is 193 Å². The van der Waals surface area contributed by atoms with Crippen molar-refractivity contribution in [3.63, 3.8) is 0 Å². The van der Waals surface area contributed by atoms with E-state index in [-0.39, 0.29) is 42.8 Å². The van der Waals surface area contributed by atoms with E-state index in [4.69, 9.17) is 9.88 Å². The van der Waals surface area contributed by atoms with Crippen molar-refractivity contribution in [1.82, 2.24) is 14.3 Å².